The largest absolute Gasteiger partial charge is 0.462 e. The lowest BCUT2D eigenvalue weighted by Gasteiger charge is -2.21. The van der Waals surface area contributed by atoms with Crippen molar-refractivity contribution in [2.24, 2.45) is 5.41 Å². The van der Waals surface area contributed by atoms with E-state index in [0.29, 0.717) is 12.0 Å². The van der Waals surface area contributed by atoms with E-state index in [0.717, 1.165) is 10.8 Å². The van der Waals surface area contributed by atoms with Crippen LogP contribution in [-0.4, -0.2) is 36.4 Å². The fraction of sp³-hybridized carbons (Fsp3) is 0.400. The molecule has 2 aromatic carbocycles. The average Bonchev–Trinajstić information content (AvgIpc) is 2.63. The van der Waals surface area contributed by atoms with Gasteiger partial charge in [-0.25, -0.2) is 4.79 Å². The predicted octanol–water partition coefficient (Wildman–Crippen LogP) is 3.34. The fourth-order valence-electron chi connectivity index (χ4n) is 2.13. The van der Waals surface area contributed by atoms with Crippen LogP contribution in [0, 0.1) is 5.41 Å². The van der Waals surface area contributed by atoms with Crippen molar-refractivity contribution in [3.05, 3.63) is 48.0 Å². The van der Waals surface area contributed by atoms with Crippen molar-refractivity contribution >= 4 is 22.7 Å². The average molecular weight is 344 g/mol. The fourth-order valence-corrected chi connectivity index (χ4v) is 2.13. The Bertz CT molecular complexity index is 751. The summed E-state index contributed by atoms with van der Waals surface area (Å²) in [6.45, 7) is 5.02. The van der Waals surface area contributed by atoms with E-state index < -0.39 is 17.5 Å². The van der Waals surface area contributed by atoms with Crippen molar-refractivity contribution in [2.45, 2.75) is 33.3 Å². The number of fused-ring (bicyclic) bond motifs is 1. The molecule has 2 aromatic rings. The van der Waals surface area contributed by atoms with Crippen molar-refractivity contribution in [3.63, 3.8) is 0 Å². The zero-order chi connectivity index (χ0) is 18.4. The second-order valence-electron chi connectivity index (χ2n) is 6.65. The lowest BCUT2D eigenvalue weighted by Crippen LogP contribution is -2.31. The molecule has 134 valence electrons. The molecular formula is C20H24O5. The minimum absolute atomic E-state index is 0.201. The Morgan fingerprint density at radius 1 is 1.04 bits per heavy atom. The van der Waals surface area contributed by atoms with Crippen LogP contribution < -0.4 is 0 Å². The zero-order valence-corrected chi connectivity index (χ0v) is 14.8. The van der Waals surface area contributed by atoms with Crippen LogP contribution >= 0.6 is 0 Å². The van der Waals surface area contributed by atoms with Gasteiger partial charge < -0.3 is 14.6 Å². The first-order valence-electron chi connectivity index (χ1n) is 8.34. The summed E-state index contributed by atoms with van der Waals surface area (Å²) in [4.78, 5) is 23.9. The van der Waals surface area contributed by atoms with Gasteiger partial charge in [-0.1, -0.05) is 37.3 Å². The van der Waals surface area contributed by atoms with Crippen molar-refractivity contribution in [3.8, 4) is 0 Å². The van der Waals surface area contributed by atoms with Crippen LogP contribution in [0.15, 0.2) is 42.5 Å². The highest BCUT2D eigenvalue weighted by atomic mass is 16.6. The summed E-state index contributed by atoms with van der Waals surface area (Å²) >= 11 is 0. The van der Waals surface area contributed by atoms with Crippen LogP contribution in [0.2, 0.25) is 0 Å². The van der Waals surface area contributed by atoms with Crippen molar-refractivity contribution in [2.75, 3.05) is 13.2 Å². The molecule has 0 bridgehead atoms. The molecule has 0 aliphatic heterocycles. The standard InChI is InChI=1S/C20H24O5/c1-4-20(2,3)19(23)25-13-17(21)12-24-18(22)16-10-9-14-7-5-6-8-15(14)11-16/h5-11,17,21H,4,12-13H2,1-3H3. The van der Waals surface area contributed by atoms with E-state index in [1.165, 1.54) is 0 Å². The van der Waals surface area contributed by atoms with Crippen LogP contribution in [0.4, 0.5) is 0 Å². The molecule has 1 unspecified atom stereocenters. The van der Waals surface area contributed by atoms with E-state index in [9.17, 15) is 14.7 Å². The summed E-state index contributed by atoms with van der Waals surface area (Å²) in [5.41, 5.74) is -0.184. The molecule has 0 spiro atoms. The molecule has 5 heteroatoms. The Balaban J connectivity index is 1.85. The number of hydrogen-bond donors (Lipinski definition) is 1. The van der Waals surface area contributed by atoms with Gasteiger partial charge in [0.05, 0.1) is 11.0 Å². The second kappa shape index (κ2) is 8.12. The first-order chi connectivity index (χ1) is 11.8. The van der Waals surface area contributed by atoms with Gasteiger partial charge in [0.25, 0.3) is 0 Å². The summed E-state index contributed by atoms with van der Waals surface area (Å²) in [5.74, 6) is -0.903. The highest BCUT2D eigenvalue weighted by Crippen LogP contribution is 2.21. The molecule has 0 aromatic heterocycles. The Hall–Kier alpha value is -2.40. The van der Waals surface area contributed by atoms with Crippen molar-refractivity contribution < 1.29 is 24.2 Å². The van der Waals surface area contributed by atoms with Gasteiger partial charge >= 0.3 is 11.9 Å². The van der Waals surface area contributed by atoms with E-state index in [4.69, 9.17) is 9.47 Å². The first kappa shape index (κ1) is 18.9. The van der Waals surface area contributed by atoms with Crippen LogP contribution in [0.3, 0.4) is 0 Å². The molecule has 1 N–H and O–H groups in total. The van der Waals surface area contributed by atoms with Gasteiger partial charge in [0.15, 0.2) is 0 Å². The number of benzene rings is 2. The van der Waals surface area contributed by atoms with Gasteiger partial charge in [0.2, 0.25) is 0 Å². The van der Waals surface area contributed by atoms with Gasteiger partial charge in [-0.3, -0.25) is 4.79 Å². The summed E-state index contributed by atoms with van der Waals surface area (Å²) in [6.07, 6.45) is -0.417. The first-order valence-corrected chi connectivity index (χ1v) is 8.34. The maximum absolute atomic E-state index is 12.1. The third kappa shape index (κ3) is 5.03. The van der Waals surface area contributed by atoms with E-state index in [1.54, 1.807) is 26.0 Å². The molecule has 0 radical (unpaired) electrons. The molecule has 0 fully saturated rings. The maximum Gasteiger partial charge on any atom is 0.338 e. The summed E-state index contributed by atoms with van der Waals surface area (Å²) in [6, 6.07) is 13.0. The summed E-state index contributed by atoms with van der Waals surface area (Å²) in [5, 5.41) is 11.8. The molecule has 0 heterocycles. The highest BCUT2D eigenvalue weighted by molar-refractivity contribution is 5.95. The molecule has 0 amide bonds. The summed E-state index contributed by atoms with van der Waals surface area (Å²) < 4.78 is 10.2. The molecular weight excluding hydrogens is 320 g/mol. The number of carbonyl (C=O) groups excluding carboxylic acids is 2. The number of aliphatic hydroxyl groups is 1. The van der Waals surface area contributed by atoms with Crippen LogP contribution in [0.1, 0.15) is 37.6 Å². The number of hydrogen-bond acceptors (Lipinski definition) is 5. The molecule has 0 saturated heterocycles. The Morgan fingerprint density at radius 2 is 1.68 bits per heavy atom. The van der Waals surface area contributed by atoms with E-state index >= 15 is 0 Å². The van der Waals surface area contributed by atoms with Gasteiger partial charge in [-0.05, 0) is 43.2 Å². The highest BCUT2D eigenvalue weighted by Gasteiger charge is 2.27. The van der Waals surface area contributed by atoms with Crippen molar-refractivity contribution in [1.29, 1.82) is 0 Å². The lowest BCUT2D eigenvalue weighted by atomic mass is 9.91. The number of ether oxygens (including phenoxy) is 2. The number of esters is 2. The molecule has 0 aliphatic rings. The Labute approximate surface area is 147 Å². The molecule has 0 saturated carbocycles. The van der Waals surface area contributed by atoms with E-state index in [2.05, 4.69) is 0 Å². The van der Waals surface area contributed by atoms with Crippen LogP contribution in [0.25, 0.3) is 10.8 Å². The smallest absolute Gasteiger partial charge is 0.338 e. The third-order valence-electron chi connectivity index (χ3n) is 4.24. The van der Waals surface area contributed by atoms with Gasteiger partial charge in [0.1, 0.15) is 19.3 Å². The molecule has 2 rings (SSSR count). The normalized spacial score (nSPS) is 12.6. The number of rotatable bonds is 7. The molecule has 25 heavy (non-hydrogen) atoms. The number of carbonyl (C=O) groups is 2. The van der Waals surface area contributed by atoms with E-state index in [-0.39, 0.29) is 19.2 Å². The predicted molar refractivity (Wildman–Crippen MR) is 95.3 cm³/mol. The molecule has 0 aliphatic carbocycles. The SMILES string of the molecule is CCC(C)(C)C(=O)OCC(O)COC(=O)c1ccc2ccccc2c1. The van der Waals surface area contributed by atoms with Gasteiger partial charge in [-0.15, -0.1) is 0 Å². The van der Waals surface area contributed by atoms with Gasteiger partial charge in [-0.2, -0.15) is 0 Å². The minimum Gasteiger partial charge on any atom is -0.462 e. The summed E-state index contributed by atoms with van der Waals surface area (Å²) in [7, 11) is 0. The van der Waals surface area contributed by atoms with E-state index in [1.807, 2.05) is 37.3 Å². The zero-order valence-electron chi connectivity index (χ0n) is 14.8. The monoisotopic (exact) mass is 344 g/mol. The van der Waals surface area contributed by atoms with Gasteiger partial charge in [0, 0.05) is 0 Å². The second-order valence-corrected chi connectivity index (χ2v) is 6.65. The number of aliphatic hydroxyl groups excluding tert-OH is 1. The third-order valence-corrected chi connectivity index (χ3v) is 4.24. The Kier molecular flexibility index (Phi) is 6.15. The maximum atomic E-state index is 12.1. The van der Waals surface area contributed by atoms with Crippen LogP contribution in [0.5, 0.6) is 0 Å². The van der Waals surface area contributed by atoms with Crippen LogP contribution in [-0.2, 0) is 14.3 Å². The topological polar surface area (TPSA) is 72.8 Å². The van der Waals surface area contributed by atoms with Crippen molar-refractivity contribution in [1.82, 2.24) is 0 Å². The Morgan fingerprint density at radius 3 is 2.36 bits per heavy atom. The quantitative estimate of drug-likeness (QED) is 0.780. The molecule has 1 atom stereocenters. The minimum atomic E-state index is -1.05. The lowest BCUT2D eigenvalue weighted by molar-refractivity contribution is -0.157. The molecule has 5 nitrogen and oxygen atoms in total.